The lowest BCUT2D eigenvalue weighted by atomic mass is 9.85. The summed E-state index contributed by atoms with van der Waals surface area (Å²) in [5.41, 5.74) is 0. The minimum atomic E-state index is -3.99. The average Bonchev–Trinajstić information content (AvgIpc) is 2.75. The largest absolute Gasteiger partial charge is 0.355 e. The molecule has 0 aromatic rings. The summed E-state index contributed by atoms with van der Waals surface area (Å²) in [5.74, 6) is 0.509. The third kappa shape index (κ3) is 20.0. The van der Waals surface area contributed by atoms with Gasteiger partial charge in [0.25, 0.3) is 10.1 Å². The Kier molecular flexibility index (Phi) is 18.2. The van der Waals surface area contributed by atoms with Gasteiger partial charge in [0, 0.05) is 13.0 Å². The van der Waals surface area contributed by atoms with Gasteiger partial charge in [0.1, 0.15) is 0 Å². The van der Waals surface area contributed by atoms with E-state index in [4.69, 9.17) is 4.55 Å². The fraction of sp³-hybridized carbons (Fsp3) is 0.962. The highest BCUT2D eigenvalue weighted by molar-refractivity contribution is 7.85. The summed E-state index contributed by atoms with van der Waals surface area (Å²) in [5, 5.41) is 2.53. The monoisotopic (exact) mass is 473 g/mol. The van der Waals surface area contributed by atoms with Crippen LogP contribution in [-0.4, -0.2) is 31.2 Å². The van der Waals surface area contributed by atoms with Gasteiger partial charge >= 0.3 is 0 Å². The van der Waals surface area contributed by atoms with E-state index in [2.05, 4.69) is 5.32 Å². The first-order valence-corrected chi connectivity index (χ1v) is 15.3. The van der Waals surface area contributed by atoms with Crippen LogP contribution in [0.5, 0.6) is 0 Å². The van der Waals surface area contributed by atoms with Crippen LogP contribution in [0.4, 0.5) is 0 Å². The van der Waals surface area contributed by atoms with Crippen molar-refractivity contribution >= 4 is 16.0 Å². The van der Waals surface area contributed by atoms with Crippen molar-refractivity contribution in [2.75, 3.05) is 12.3 Å². The molecule has 0 aliphatic heterocycles. The van der Waals surface area contributed by atoms with E-state index in [1.807, 2.05) is 0 Å². The van der Waals surface area contributed by atoms with Gasteiger partial charge in [0.05, 0.1) is 5.75 Å². The lowest BCUT2D eigenvalue weighted by Gasteiger charge is -2.21. The van der Waals surface area contributed by atoms with E-state index in [0.717, 1.165) is 18.8 Å². The normalized spacial score (nSPS) is 15.2. The minimum absolute atomic E-state index is 0.0158. The third-order valence-corrected chi connectivity index (χ3v) is 7.64. The second kappa shape index (κ2) is 19.8. The van der Waals surface area contributed by atoms with Crippen LogP contribution in [0.3, 0.4) is 0 Å². The molecule has 32 heavy (non-hydrogen) atoms. The first-order chi connectivity index (χ1) is 15.5. The number of rotatable bonds is 21. The summed E-state index contributed by atoms with van der Waals surface area (Å²) in [6, 6.07) is 0. The molecule has 5 nitrogen and oxygen atoms in total. The topological polar surface area (TPSA) is 83.5 Å². The molecule has 1 rings (SSSR count). The standard InChI is InChI=1S/C26H51NO4S/c28-26(27-23-24-32(29,30)31)22-18-13-11-9-7-5-3-1-2-4-6-8-10-12-15-19-25-20-16-14-17-21-25/h25H,1-24H2,(H,27,28)(H,29,30,31). The second-order valence-corrected chi connectivity index (χ2v) is 11.6. The molecule has 0 unspecified atom stereocenters. The molecule has 0 aromatic carbocycles. The number of hydrogen-bond acceptors (Lipinski definition) is 3. The van der Waals surface area contributed by atoms with Crippen molar-refractivity contribution in [1.82, 2.24) is 5.32 Å². The van der Waals surface area contributed by atoms with Crippen LogP contribution in [0, 0.1) is 5.92 Å². The molecule has 0 spiro atoms. The Bertz CT molecular complexity index is 544. The second-order valence-electron chi connectivity index (χ2n) is 9.98. The average molecular weight is 474 g/mol. The Morgan fingerprint density at radius 1 is 0.688 bits per heavy atom. The molecule has 1 fully saturated rings. The summed E-state index contributed by atoms with van der Waals surface area (Å²) < 4.78 is 29.8. The number of amides is 1. The van der Waals surface area contributed by atoms with Crippen molar-refractivity contribution in [1.29, 1.82) is 0 Å². The van der Waals surface area contributed by atoms with Gasteiger partial charge in [0.2, 0.25) is 5.91 Å². The quantitative estimate of drug-likeness (QED) is 0.136. The summed E-state index contributed by atoms with van der Waals surface area (Å²) in [7, 11) is -3.99. The lowest BCUT2D eigenvalue weighted by Crippen LogP contribution is -2.28. The maximum absolute atomic E-state index is 11.5. The van der Waals surface area contributed by atoms with Gasteiger partial charge in [-0.25, -0.2) is 0 Å². The van der Waals surface area contributed by atoms with Crippen LogP contribution in [0.15, 0.2) is 0 Å². The fourth-order valence-corrected chi connectivity index (χ4v) is 5.26. The SMILES string of the molecule is O=C(CCCCCCCCCCCCCCCCCC1CCCCC1)NCCS(=O)(=O)O. The van der Waals surface area contributed by atoms with Gasteiger partial charge in [-0.2, -0.15) is 8.42 Å². The smallest absolute Gasteiger partial charge is 0.266 e. The van der Waals surface area contributed by atoms with Crippen molar-refractivity contribution in [2.24, 2.45) is 5.92 Å². The molecular weight excluding hydrogens is 422 g/mol. The number of carbonyl (C=O) groups is 1. The Morgan fingerprint density at radius 2 is 1.12 bits per heavy atom. The van der Waals surface area contributed by atoms with Gasteiger partial charge in [0.15, 0.2) is 0 Å². The molecule has 1 saturated carbocycles. The van der Waals surface area contributed by atoms with Gasteiger partial charge in [-0.15, -0.1) is 0 Å². The van der Waals surface area contributed by atoms with Crippen LogP contribution in [-0.2, 0) is 14.9 Å². The molecule has 1 aliphatic carbocycles. The van der Waals surface area contributed by atoms with E-state index in [-0.39, 0.29) is 12.5 Å². The molecule has 1 aliphatic rings. The van der Waals surface area contributed by atoms with Crippen LogP contribution in [0.2, 0.25) is 0 Å². The highest BCUT2D eigenvalue weighted by Gasteiger charge is 2.12. The van der Waals surface area contributed by atoms with Crippen LogP contribution in [0.25, 0.3) is 0 Å². The number of hydrogen-bond donors (Lipinski definition) is 2. The Morgan fingerprint density at radius 3 is 1.59 bits per heavy atom. The lowest BCUT2D eigenvalue weighted by molar-refractivity contribution is -0.121. The number of carbonyl (C=O) groups excluding carboxylic acids is 1. The van der Waals surface area contributed by atoms with E-state index in [0.29, 0.717) is 6.42 Å². The third-order valence-electron chi connectivity index (χ3n) is 6.92. The molecular formula is C26H51NO4S. The van der Waals surface area contributed by atoms with E-state index in [1.165, 1.54) is 122 Å². The van der Waals surface area contributed by atoms with Crippen molar-refractivity contribution in [3.63, 3.8) is 0 Å². The molecule has 1 amide bonds. The van der Waals surface area contributed by atoms with E-state index in [9.17, 15) is 13.2 Å². The predicted molar refractivity (Wildman–Crippen MR) is 134 cm³/mol. The molecule has 0 atom stereocenters. The zero-order valence-corrected chi connectivity index (χ0v) is 21.4. The van der Waals surface area contributed by atoms with Crippen molar-refractivity contribution in [3.8, 4) is 0 Å². The van der Waals surface area contributed by atoms with Crippen molar-refractivity contribution < 1.29 is 17.8 Å². The maximum atomic E-state index is 11.5. The van der Waals surface area contributed by atoms with Gasteiger partial charge in [-0.05, 0) is 12.3 Å². The first-order valence-electron chi connectivity index (χ1n) is 13.7. The highest BCUT2D eigenvalue weighted by Crippen LogP contribution is 2.28. The zero-order chi connectivity index (χ0) is 23.3. The van der Waals surface area contributed by atoms with Crippen molar-refractivity contribution in [3.05, 3.63) is 0 Å². The Hall–Kier alpha value is -0.620. The van der Waals surface area contributed by atoms with Gasteiger partial charge in [-0.1, -0.05) is 128 Å². The molecule has 0 bridgehead atoms. The van der Waals surface area contributed by atoms with Crippen LogP contribution >= 0.6 is 0 Å². The Balaban J connectivity index is 1.71. The van der Waals surface area contributed by atoms with E-state index < -0.39 is 15.9 Å². The van der Waals surface area contributed by atoms with Crippen LogP contribution in [0.1, 0.15) is 141 Å². The highest BCUT2D eigenvalue weighted by atomic mass is 32.2. The zero-order valence-electron chi connectivity index (χ0n) is 20.6. The summed E-state index contributed by atoms with van der Waals surface area (Å²) in [4.78, 5) is 11.5. The Labute approximate surface area is 198 Å². The van der Waals surface area contributed by atoms with Crippen molar-refractivity contribution in [2.45, 2.75) is 141 Å². The number of unbranched alkanes of at least 4 members (excludes halogenated alkanes) is 14. The van der Waals surface area contributed by atoms with E-state index in [1.54, 1.807) is 0 Å². The number of nitrogens with one attached hydrogen (secondary N) is 1. The summed E-state index contributed by atoms with van der Waals surface area (Å²) >= 11 is 0. The molecule has 0 radical (unpaired) electrons. The first kappa shape index (κ1) is 29.4. The molecule has 6 heteroatoms. The minimum Gasteiger partial charge on any atom is -0.355 e. The molecule has 2 N–H and O–H groups in total. The van der Waals surface area contributed by atoms with Crippen LogP contribution < -0.4 is 5.32 Å². The molecule has 0 heterocycles. The molecule has 0 saturated heterocycles. The summed E-state index contributed by atoms with van der Waals surface area (Å²) in [6.45, 7) is -0.0158. The summed E-state index contributed by atoms with van der Waals surface area (Å²) in [6.07, 6.45) is 29.1. The molecule has 0 aromatic heterocycles. The maximum Gasteiger partial charge on any atom is 0.266 e. The van der Waals surface area contributed by atoms with Gasteiger partial charge in [-0.3, -0.25) is 9.35 Å². The van der Waals surface area contributed by atoms with E-state index >= 15 is 0 Å². The molecule has 190 valence electrons. The van der Waals surface area contributed by atoms with Gasteiger partial charge < -0.3 is 5.32 Å². The fourth-order valence-electron chi connectivity index (χ4n) is 4.90. The predicted octanol–water partition coefficient (Wildman–Crippen LogP) is 7.20.